The molecule has 0 bridgehead atoms. The molecule has 3 rings (SSSR count). The highest BCUT2D eigenvalue weighted by molar-refractivity contribution is 9.10. The number of barbiturate groups is 1. The Kier molecular flexibility index (Phi) is 4.45. The average Bonchev–Trinajstić information content (AvgIpc) is 2.93. The fraction of sp³-hybridized carbons (Fsp3) is 0.118. The van der Waals surface area contributed by atoms with Crippen LogP contribution in [0.3, 0.4) is 0 Å². The van der Waals surface area contributed by atoms with Crippen LogP contribution in [0.15, 0.2) is 50.9 Å². The van der Waals surface area contributed by atoms with Crippen molar-refractivity contribution in [1.82, 2.24) is 5.32 Å². The van der Waals surface area contributed by atoms with Gasteiger partial charge in [0.25, 0.3) is 11.8 Å². The number of urea groups is 1. The summed E-state index contributed by atoms with van der Waals surface area (Å²) in [6, 6.07) is 9.24. The number of halogens is 1. The molecule has 1 N–H and O–H groups in total. The first-order valence-corrected chi connectivity index (χ1v) is 8.11. The quantitative estimate of drug-likeness (QED) is 0.629. The predicted octanol–water partition coefficient (Wildman–Crippen LogP) is 2.77. The smallest absolute Gasteiger partial charge is 0.335 e. The molecule has 2 heterocycles. The van der Waals surface area contributed by atoms with Crippen molar-refractivity contribution in [2.24, 2.45) is 0 Å². The molecule has 1 fully saturated rings. The summed E-state index contributed by atoms with van der Waals surface area (Å²) in [4.78, 5) is 39.5. The van der Waals surface area contributed by atoms with Crippen molar-refractivity contribution >= 4 is 51.4 Å². The molecule has 1 saturated heterocycles. The summed E-state index contributed by atoms with van der Waals surface area (Å²) < 4.78 is 6.29. The van der Waals surface area contributed by atoms with E-state index in [1.165, 1.54) is 6.08 Å². The predicted molar refractivity (Wildman–Crippen MR) is 96.2 cm³/mol. The molecular formula is C17H14BrN3O4. The standard InChI is InChI=1S/C17H14BrN3O4/c1-20(2)16-13(18)9-11(25-16)8-12-14(22)19-17(24)21(15(12)23)10-6-4-3-5-7-10/h3-9H,1-2H3,(H,19,22,24)/b12-8-. The maximum atomic E-state index is 12.7. The number of nitrogens with one attached hydrogen (secondary N) is 1. The Labute approximate surface area is 152 Å². The summed E-state index contributed by atoms with van der Waals surface area (Å²) in [7, 11) is 3.60. The Hall–Kier alpha value is -2.87. The van der Waals surface area contributed by atoms with Gasteiger partial charge in [-0.2, -0.15) is 0 Å². The summed E-state index contributed by atoms with van der Waals surface area (Å²) in [5.41, 5.74) is 0.188. The molecule has 1 aromatic carbocycles. The van der Waals surface area contributed by atoms with Crippen molar-refractivity contribution in [2.75, 3.05) is 23.9 Å². The van der Waals surface area contributed by atoms with Gasteiger partial charge in [0.05, 0.1) is 10.2 Å². The Morgan fingerprint density at radius 3 is 2.44 bits per heavy atom. The lowest BCUT2D eigenvalue weighted by atomic mass is 10.1. The molecule has 0 spiro atoms. The van der Waals surface area contributed by atoms with Crippen LogP contribution in [0, 0.1) is 0 Å². The van der Waals surface area contributed by atoms with E-state index >= 15 is 0 Å². The van der Waals surface area contributed by atoms with E-state index in [9.17, 15) is 14.4 Å². The normalized spacial score (nSPS) is 16.4. The van der Waals surface area contributed by atoms with Crippen LogP contribution in [0.2, 0.25) is 0 Å². The van der Waals surface area contributed by atoms with Crippen LogP contribution < -0.4 is 15.1 Å². The van der Waals surface area contributed by atoms with E-state index in [0.717, 1.165) is 4.90 Å². The van der Waals surface area contributed by atoms with Gasteiger partial charge in [-0.05, 0) is 34.1 Å². The first-order valence-electron chi connectivity index (χ1n) is 7.31. The van der Waals surface area contributed by atoms with Crippen molar-refractivity contribution in [2.45, 2.75) is 0 Å². The molecule has 0 saturated carbocycles. The van der Waals surface area contributed by atoms with Crippen LogP contribution >= 0.6 is 15.9 Å². The van der Waals surface area contributed by atoms with Crippen molar-refractivity contribution in [3.63, 3.8) is 0 Å². The lowest BCUT2D eigenvalue weighted by Crippen LogP contribution is -2.54. The van der Waals surface area contributed by atoms with Crippen LogP contribution in [0.25, 0.3) is 6.08 Å². The molecular weight excluding hydrogens is 390 g/mol. The Morgan fingerprint density at radius 1 is 1.16 bits per heavy atom. The largest absolute Gasteiger partial charge is 0.440 e. The summed E-state index contributed by atoms with van der Waals surface area (Å²) in [5, 5.41) is 2.17. The van der Waals surface area contributed by atoms with E-state index < -0.39 is 17.8 Å². The summed E-state index contributed by atoms with van der Waals surface area (Å²) >= 11 is 3.36. The molecule has 8 heteroatoms. The molecule has 0 radical (unpaired) electrons. The third-order valence-electron chi connectivity index (χ3n) is 3.50. The molecule has 2 aromatic rings. The monoisotopic (exact) mass is 403 g/mol. The SMILES string of the molecule is CN(C)c1oc(/C=C2/C(=O)NC(=O)N(c3ccccc3)C2=O)cc1Br. The van der Waals surface area contributed by atoms with E-state index in [1.54, 1.807) is 55.4 Å². The number of hydrogen-bond donors (Lipinski definition) is 1. The molecule has 25 heavy (non-hydrogen) atoms. The molecule has 4 amide bonds. The van der Waals surface area contributed by atoms with Crippen molar-refractivity contribution in [1.29, 1.82) is 0 Å². The van der Waals surface area contributed by atoms with Crippen molar-refractivity contribution < 1.29 is 18.8 Å². The highest BCUT2D eigenvalue weighted by Gasteiger charge is 2.37. The summed E-state index contributed by atoms with van der Waals surface area (Å²) in [5.74, 6) is -0.608. The first-order chi connectivity index (χ1) is 11.9. The zero-order valence-electron chi connectivity index (χ0n) is 13.4. The number of carbonyl (C=O) groups is 3. The minimum atomic E-state index is -0.784. The number of carbonyl (C=O) groups excluding carboxylic acids is 3. The minimum absolute atomic E-state index is 0.185. The molecule has 1 aromatic heterocycles. The van der Waals surface area contributed by atoms with E-state index in [1.807, 2.05) is 0 Å². The summed E-state index contributed by atoms with van der Waals surface area (Å²) in [6.07, 6.45) is 1.32. The van der Waals surface area contributed by atoms with E-state index in [4.69, 9.17) is 4.42 Å². The van der Waals surface area contributed by atoms with Gasteiger partial charge in [0, 0.05) is 20.2 Å². The van der Waals surface area contributed by atoms with Gasteiger partial charge in [0.1, 0.15) is 11.3 Å². The number of imide groups is 2. The zero-order valence-corrected chi connectivity index (χ0v) is 15.0. The lowest BCUT2D eigenvalue weighted by molar-refractivity contribution is -0.122. The van der Waals surface area contributed by atoms with Gasteiger partial charge in [0.15, 0.2) is 0 Å². The maximum absolute atomic E-state index is 12.7. The number of nitrogens with zero attached hydrogens (tertiary/aromatic N) is 2. The zero-order chi connectivity index (χ0) is 18.1. The van der Waals surface area contributed by atoms with Gasteiger partial charge >= 0.3 is 6.03 Å². The summed E-state index contributed by atoms with van der Waals surface area (Å²) in [6.45, 7) is 0. The lowest BCUT2D eigenvalue weighted by Gasteiger charge is -2.26. The van der Waals surface area contributed by atoms with Gasteiger partial charge in [-0.1, -0.05) is 18.2 Å². The molecule has 128 valence electrons. The maximum Gasteiger partial charge on any atom is 0.335 e. The number of para-hydroxylation sites is 1. The van der Waals surface area contributed by atoms with Gasteiger partial charge in [-0.3, -0.25) is 14.9 Å². The number of hydrogen-bond acceptors (Lipinski definition) is 5. The van der Waals surface area contributed by atoms with Crippen LogP contribution in [0.5, 0.6) is 0 Å². The van der Waals surface area contributed by atoms with E-state index in [0.29, 0.717) is 21.8 Å². The van der Waals surface area contributed by atoms with Crippen LogP contribution in [0.1, 0.15) is 5.76 Å². The van der Waals surface area contributed by atoms with Crippen LogP contribution in [-0.4, -0.2) is 31.9 Å². The number of anilines is 2. The third kappa shape index (κ3) is 3.20. The Morgan fingerprint density at radius 2 is 1.84 bits per heavy atom. The molecule has 0 aliphatic carbocycles. The van der Waals surface area contributed by atoms with E-state index in [2.05, 4.69) is 21.2 Å². The fourth-order valence-corrected chi connectivity index (χ4v) is 3.02. The van der Waals surface area contributed by atoms with Gasteiger partial charge in [0.2, 0.25) is 5.88 Å². The van der Waals surface area contributed by atoms with Crippen LogP contribution in [-0.2, 0) is 9.59 Å². The van der Waals surface area contributed by atoms with E-state index in [-0.39, 0.29) is 5.57 Å². The molecule has 1 aliphatic rings. The van der Waals surface area contributed by atoms with Gasteiger partial charge in [-0.15, -0.1) is 0 Å². The number of benzene rings is 1. The Bertz CT molecular complexity index is 887. The van der Waals surface area contributed by atoms with Crippen molar-refractivity contribution in [3.05, 3.63) is 52.2 Å². The number of rotatable bonds is 3. The molecule has 0 atom stereocenters. The minimum Gasteiger partial charge on any atom is -0.440 e. The fourth-order valence-electron chi connectivity index (χ4n) is 2.36. The van der Waals surface area contributed by atoms with Crippen LogP contribution in [0.4, 0.5) is 16.4 Å². The molecule has 0 unspecified atom stereocenters. The third-order valence-corrected chi connectivity index (χ3v) is 4.06. The second-order valence-corrected chi connectivity index (χ2v) is 6.34. The van der Waals surface area contributed by atoms with Crippen molar-refractivity contribution in [3.8, 4) is 0 Å². The topological polar surface area (TPSA) is 82.9 Å². The second kappa shape index (κ2) is 6.56. The first kappa shape index (κ1) is 17.0. The number of amides is 4. The molecule has 1 aliphatic heterocycles. The second-order valence-electron chi connectivity index (χ2n) is 5.49. The Balaban J connectivity index is 2.00. The highest BCUT2D eigenvalue weighted by Crippen LogP contribution is 2.30. The van der Waals surface area contributed by atoms with Gasteiger partial charge in [-0.25, -0.2) is 9.69 Å². The van der Waals surface area contributed by atoms with Gasteiger partial charge < -0.3 is 9.32 Å². The number of furan rings is 1. The highest BCUT2D eigenvalue weighted by atomic mass is 79.9. The molecule has 7 nitrogen and oxygen atoms in total. The average molecular weight is 404 g/mol.